The van der Waals surface area contributed by atoms with Gasteiger partial charge in [-0.15, -0.1) is 11.3 Å². The van der Waals surface area contributed by atoms with E-state index in [-0.39, 0.29) is 37.3 Å². The molecule has 168 valence electrons. The van der Waals surface area contributed by atoms with Gasteiger partial charge in [-0.3, -0.25) is 9.59 Å². The summed E-state index contributed by atoms with van der Waals surface area (Å²) in [5.41, 5.74) is 0.295. The second-order valence-corrected chi connectivity index (χ2v) is 9.26. The van der Waals surface area contributed by atoms with Crippen molar-refractivity contribution in [1.29, 1.82) is 0 Å². The molecule has 0 saturated heterocycles. The quantitative estimate of drug-likeness (QED) is 0.464. The molecule has 2 aromatic carbocycles. The number of rotatable bonds is 5. The molecule has 2 aromatic heterocycles. The Hall–Kier alpha value is -3.52. The van der Waals surface area contributed by atoms with E-state index in [1.807, 2.05) is 22.1 Å². The average molecular weight is 466 g/mol. The van der Waals surface area contributed by atoms with Crippen molar-refractivity contribution in [1.82, 2.24) is 14.8 Å². The Bertz CT molecular complexity index is 1360. The number of carbonyl (C=O) groups excluding carboxylic acids is 2. The van der Waals surface area contributed by atoms with E-state index in [9.17, 15) is 18.4 Å². The first-order chi connectivity index (χ1) is 15.9. The zero-order valence-corrected chi connectivity index (χ0v) is 18.7. The summed E-state index contributed by atoms with van der Waals surface area (Å²) >= 11 is 1.51. The number of nitrogens with zero attached hydrogens (tertiary/aromatic N) is 2. The molecule has 1 atom stereocenters. The Labute approximate surface area is 193 Å². The minimum atomic E-state index is -1.26. The summed E-state index contributed by atoms with van der Waals surface area (Å²) in [6, 6.07) is 15.9. The third-order valence-corrected chi connectivity index (χ3v) is 7.12. The number of benzene rings is 2. The second kappa shape index (κ2) is 8.12. The predicted octanol–water partition coefficient (Wildman–Crippen LogP) is 4.71. The topological polar surface area (TPSA) is 54.3 Å². The molecule has 5 rings (SSSR count). The van der Waals surface area contributed by atoms with Gasteiger partial charge in [-0.25, -0.2) is 8.78 Å². The highest BCUT2D eigenvalue weighted by molar-refractivity contribution is 7.16. The molecule has 1 aliphatic rings. The van der Waals surface area contributed by atoms with Crippen LogP contribution in [0.3, 0.4) is 0 Å². The molecular formula is C25H21F2N3O2S. The van der Waals surface area contributed by atoms with Crippen LogP contribution in [0.5, 0.6) is 0 Å². The van der Waals surface area contributed by atoms with Crippen LogP contribution in [-0.2, 0) is 24.4 Å². The van der Waals surface area contributed by atoms with Gasteiger partial charge in [0.25, 0.3) is 5.91 Å². The number of nitrogens with one attached hydrogen (secondary N) is 1. The Morgan fingerprint density at radius 3 is 2.64 bits per heavy atom. The summed E-state index contributed by atoms with van der Waals surface area (Å²) in [6.07, 6.45) is 0. The number of hydrogen-bond donors (Lipinski definition) is 1. The first-order valence-corrected chi connectivity index (χ1v) is 11.4. The maximum atomic E-state index is 14.5. The lowest BCUT2D eigenvalue weighted by atomic mass is 9.93. The van der Waals surface area contributed by atoms with Crippen LogP contribution in [0.1, 0.15) is 28.5 Å². The summed E-state index contributed by atoms with van der Waals surface area (Å²) in [4.78, 5) is 29.5. The van der Waals surface area contributed by atoms with E-state index >= 15 is 0 Å². The minimum absolute atomic E-state index is 0.0369. The predicted molar refractivity (Wildman–Crippen MR) is 123 cm³/mol. The molecule has 3 heterocycles. The molecule has 0 fully saturated rings. The molecular weight excluding hydrogens is 444 g/mol. The van der Waals surface area contributed by atoms with Gasteiger partial charge in [-0.1, -0.05) is 30.3 Å². The molecule has 1 aliphatic heterocycles. The smallest absolute Gasteiger partial charge is 0.271 e. The van der Waals surface area contributed by atoms with Crippen LogP contribution < -0.4 is 5.32 Å². The average Bonchev–Trinajstić information content (AvgIpc) is 3.40. The SMILES string of the molecule is C[C@]1(C(=O)NCc2ccc(F)cc2)Cn2c(cc3ccsc32)C(=O)N1Cc1ccccc1F. The first kappa shape index (κ1) is 21.3. The maximum Gasteiger partial charge on any atom is 0.271 e. The highest BCUT2D eigenvalue weighted by atomic mass is 32.1. The van der Waals surface area contributed by atoms with E-state index < -0.39 is 11.4 Å². The van der Waals surface area contributed by atoms with Crippen molar-refractivity contribution in [2.75, 3.05) is 0 Å². The molecule has 33 heavy (non-hydrogen) atoms. The standard InChI is InChI=1S/C25H21F2N3O2S/c1-25(24(32)28-13-16-6-8-19(26)9-7-16)15-29-21(12-17-10-11-33-23(17)29)22(31)30(25)14-18-4-2-3-5-20(18)27/h2-12H,13-15H2,1H3,(H,28,32)/t25-/m1/s1. The summed E-state index contributed by atoms with van der Waals surface area (Å²) < 4.78 is 29.6. The van der Waals surface area contributed by atoms with Gasteiger partial charge in [0.15, 0.2) is 0 Å². The van der Waals surface area contributed by atoms with E-state index in [0.29, 0.717) is 11.3 Å². The lowest BCUT2D eigenvalue weighted by Gasteiger charge is -2.44. The van der Waals surface area contributed by atoms with Gasteiger partial charge in [0, 0.05) is 17.5 Å². The number of thiophene rings is 1. The van der Waals surface area contributed by atoms with Crippen molar-refractivity contribution in [3.63, 3.8) is 0 Å². The van der Waals surface area contributed by atoms with Gasteiger partial charge in [0.2, 0.25) is 5.91 Å². The Balaban J connectivity index is 1.51. The van der Waals surface area contributed by atoms with Crippen LogP contribution in [0.15, 0.2) is 66.0 Å². The van der Waals surface area contributed by atoms with E-state index in [1.54, 1.807) is 37.3 Å². The van der Waals surface area contributed by atoms with Crippen molar-refractivity contribution < 1.29 is 18.4 Å². The van der Waals surface area contributed by atoms with Gasteiger partial charge >= 0.3 is 0 Å². The number of amides is 2. The number of fused-ring (bicyclic) bond motifs is 3. The van der Waals surface area contributed by atoms with Crippen LogP contribution in [0, 0.1) is 11.6 Å². The molecule has 0 radical (unpaired) electrons. The molecule has 0 spiro atoms. The fraction of sp³-hybridized carbons (Fsp3) is 0.200. The van der Waals surface area contributed by atoms with E-state index in [2.05, 4.69) is 5.32 Å². The largest absolute Gasteiger partial charge is 0.350 e. The molecule has 0 unspecified atom stereocenters. The highest BCUT2D eigenvalue weighted by Crippen LogP contribution is 2.35. The van der Waals surface area contributed by atoms with Crippen molar-refractivity contribution in [2.45, 2.75) is 32.1 Å². The fourth-order valence-electron chi connectivity index (χ4n) is 4.28. The van der Waals surface area contributed by atoms with Gasteiger partial charge in [0.05, 0.1) is 13.1 Å². The molecule has 0 aliphatic carbocycles. The van der Waals surface area contributed by atoms with Crippen molar-refractivity contribution in [3.05, 3.63) is 94.5 Å². The van der Waals surface area contributed by atoms with Gasteiger partial charge < -0.3 is 14.8 Å². The Kier molecular flexibility index (Phi) is 5.25. The van der Waals surface area contributed by atoms with Crippen LogP contribution in [0.25, 0.3) is 10.2 Å². The van der Waals surface area contributed by atoms with Gasteiger partial charge in [-0.2, -0.15) is 0 Å². The number of halogens is 2. The summed E-state index contributed by atoms with van der Waals surface area (Å²) in [6.45, 7) is 2.09. The highest BCUT2D eigenvalue weighted by Gasteiger charge is 2.48. The molecule has 5 nitrogen and oxygen atoms in total. The zero-order valence-electron chi connectivity index (χ0n) is 17.8. The zero-order chi connectivity index (χ0) is 23.2. The lowest BCUT2D eigenvalue weighted by Crippen LogP contribution is -2.63. The molecule has 2 amide bonds. The lowest BCUT2D eigenvalue weighted by molar-refractivity contribution is -0.133. The van der Waals surface area contributed by atoms with Crippen molar-refractivity contribution in [3.8, 4) is 0 Å². The van der Waals surface area contributed by atoms with E-state index in [0.717, 1.165) is 15.8 Å². The normalized spacial score (nSPS) is 17.9. The van der Waals surface area contributed by atoms with E-state index in [4.69, 9.17) is 0 Å². The minimum Gasteiger partial charge on any atom is -0.350 e. The van der Waals surface area contributed by atoms with Crippen LogP contribution in [0.2, 0.25) is 0 Å². The van der Waals surface area contributed by atoms with Crippen LogP contribution in [0.4, 0.5) is 8.78 Å². The van der Waals surface area contributed by atoms with Gasteiger partial charge in [-0.05, 0) is 48.2 Å². The summed E-state index contributed by atoms with van der Waals surface area (Å²) in [7, 11) is 0. The maximum absolute atomic E-state index is 14.5. The number of carbonyl (C=O) groups is 2. The molecule has 4 aromatic rings. The van der Waals surface area contributed by atoms with Crippen LogP contribution >= 0.6 is 11.3 Å². The van der Waals surface area contributed by atoms with Crippen molar-refractivity contribution in [2.24, 2.45) is 0 Å². The third kappa shape index (κ3) is 3.70. The monoisotopic (exact) mass is 465 g/mol. The summed E-state index contributed by atoms with van der Waals surface area (Å²) in [5, 5.41) is 5.77. The molecule has 8 heteroatoms. The van der Waals surface area contributed by atoms with E-state index in [1.165, 1.54) is 34.4 Å². The third-order valence-electron chi connectivity index (χ3n) is 6.17. The number of hydrogen-bond acceptors (Lipinski definition) is 3. The molecule has 1 N–H and O–H groups in total. The Morgan fingerprint density at radius 2 is 1.88 bits per heavy atom. The molecule has 0 bridgehead atoms. The Morgan fingerprint density at radius 1 is 1.12 bits per heavy atom. The molecule has 0 saturated carbocycles. The number of aromatic nitrogens is 1. The van der Waals surface area contributed by atoms with Crippen LogP contribution in [-0.4, -0.2) is 26.8 Å². The van der Waals surface area contributed by atoms with Gasteiger partial charge in [0.1, 0.15) is 27.7 Å². The van der Waals surface area contributed by atoms with Crippen molar-refractivity contribution >= 4 is 33.4 Å². The fourth-order valence-corrected chi connectivity index (χ4v) is 5.17. The summed E-state index contributed by atoms with van der Waals surface area (Å²) in [5.74, 6) is -1.47. The first-order valence-electron chi connectivity index (χ1n) is 10.5. The second-order valence-electron chi connectivity index (χ2n) is 8.36.